The second-order valence-electron chi connectivity index (χ2n) is 4.95. The van der Waals surface area contributed by atoms with E-state index >= 15 is 0 Å². The molecule has 1 aromatic rings. The number of nitrogens with one attached hydrogen (secondary N) is 2. The monoisotopic (exact) mass is 354 g/mol. The minimum absolute atomic E-state index is 0.343. The molecule has 0 spiro atoms. The first kappa shape index (κ1) is 17.7. The molecule has 0 aliphatic carbocycles. The predicted octanol–water partition coefficient (Wildman–Crippen LogP) is 3.26. The number of rotatable bonds is 6. The van der Waals surface area contributed by atoms with Gasteiger partial charge in [-0.15, -0.1) is 0 Å². The van der Waals surface area contributed by atoms with Crippen LogP contribution < -0.4 is 10.6 Å². The van der Waals surface area contributed by atoms with E-state index in [9.17, 15) is 9.59 Å². The lowest BCUT2D eigenvalue weighted by Crippen LogP contribution is -2.45. The molecule has 124 valence electrons. The number of esters is 1. The van der Waals surface area contributed by atoms with E-state index in [0.29, 0.717) is 22.9 Å². The molecule has 0 aromatic heterocycles. The molecular formula is C16H19ClN2O3S. The lowest BCUT2D eigenvalue weighted by atomic mass is 9.96. The van der Waals surface area contributed by atoms with Gasteiger partial charge in [-0.1, -0.05) is 30.7 Å². The number of carbonyl (C=O) groups is 2. The van der Waals surface area contributed by atoms with Crippen molar-refractivity contribution in [3.63, 3.8) is 0 Å². The average Bonchev–Trinajstić information content (AvgIpc) is 2.51. The summed E-state index contributed by atoms with van der Waals surface area (Å²) in [7, 11) is 0. The van der Waals surface area contributed by atoms with Gasteiger partial charge in [0, 0.05) is 16.5 Å². The highest BCUT2D eigenvalue weighted by atomic mass is 35.5. The van der Waals surface area contributed by atoms with Gasteiger partial charge in [0.1, 0.15) is 6.61 Å². The molecule has 2 N–H and O–H groups in total. The van der Waals surface area contributed by atoms with Crippen LogP contribution in [0.4, 0.5) is 4.79 Å². The van der Waals surface area contributed by atoms with Gasteiger partial charge in [0.05, 0.1) is 11.6 Å². The number of halogens is 1. The maximum atomic E-state index is 12.4. The van der Waals surface area contributed by atoms with Crippen LogP contribution in [0.25, 0.3) is 0 Å². The third kappa shape index (κ3) is 4.65. The zero-order valence-corrected chi connectivity index (χ0v) is 14.6. The molecule has 1 atom stereocenters. The Balaban J connectivity index is 2.20. The highest BCUT2D eigenvalue weighted by Gasteiger charge is 2.32. The van der Waals surface area contributed by atoms with Crippen LogP contribution in [0.5, 0.6) is 0 Å². The van der Waals surface area contributed by atoms with Crippen molar-refractivity contribution in [2.24, 2.45) is 0 Å². The van der Waals surface area contributed by atoms with E-state index in [4.69, 9.17) is 16.3 Å². The van der Waals surface area contributed by atoms with Crippen LogP contribution in [0.15, 0.2) is 35.5 Å². The summed E-state index contributed by atoms with van der Waals surface area (Å²) in [6, 6.07) is 6.12. The van der Waals surface area contributed by atoms with Gasteiger partial charge in [-0.05, 0) is 30.4 Å². The molecule has 1 aromatic carbocycles. The summed E-state index contributed by atoms with van der Waals surface area (Å²) in [5.74, 6) is 1.30. The quantitative estimate of drug-likeness (QED) is 0.607. The highest BCUT2D eigenvalue weighted by Crippen LogP contribution is 2.28. The molecule has 0 saturated heterocycles. The summed E-state index contributed by atoms with van der Waals surface area (Å²) in [4.78, 5) is 24.2. The molecule has 1 heterocycles. The Morgan fingerprint density at radius 3 is 2.70 bits per heavy atom. The highest BCUT2D eigenvalue weighted by molar-refractivity contribution is 7.99. The zero-order valence-electron chi connectivity index (χ0n) is 13.0. The first-order valence-corrected chi connectivity index (χ1v) is 8.84. The largest absolute Gasteiger partial charge is 0.461 e. The summed E-state index contributed by atoms with van der Waals surface area (Å²) < 4.78 is 5.33. The lowest BCUT2D eigenvalue weighted by molar-refractivity contribution is -0.138. The number of hydrogen-bond acceptors (Lipinski definition) is 4. The van der Waals surface area contributed by atoms with Crippen LogP contribution >= 0.6 is 23.4 Å². The van der Waals surface area contributed by atoms with Gasteiger partial charge in [-0.2, -0.15) is 11.8 Å². The van der Waals surface area contributed by atoms with Crippen molar-refractivity contribution in [1.29, 1.82) is 0 Å². The van der Waals surface area contributed by atoms with E-state index in [2.05, 4.69) is 17.6 Å². The summed E-state index contributed by atoms with van der Waals surface area (Å²) in [5, 5.41) is 5.97. The number of thioether (sulfide) groups is 1. The molecule has 2 amide bonds. The summed E-state index contributed by atoms with van der Waals surface area (Å²) in [6.07, 6.45) is 0. The molecule has 23 heavy (non-hydrogen) atoms. The van der Waals surface area contributed by atoms with E-state index in [0.717, 1.165) is 17.1 Å². The van der Waals surface area contributed by atoms with Crippen molar-refractivity contribution in [3.8, 4) is 0 Å². The Labute approximate surface area is 144 Å². The third-order valence-electron chi connectivity index (χ3n) is 3.36. The number of benzene rings is 1. The van der Waals surface area contributed by atoms with Crippen molar-refractivity contribution in [2.45, 2.75) is 19.9 Å². The first-order chi connectivity index (χ1) is 11.0. The number of hydrogen-bond donors (Lipinski definition) is 2. The van der Waals surface area contributed by atoms with E-state index < -0.39 is 12.0 Å². The fourth-order valence-corrected chi connectivity index (χ4v) is 2.90. The molecular weight excluding hydrogens is 336 g/mol. The number of ether oxygens (including phenoxy) is 1. The fraction of sp³-hybridized carbons (Fsp3) is 0.375. The predicted molar refractivity (Wildman–Crippen MR) is 92.5 cm³/mol. The van der Waals surface area contributed by atoms with Crippen molar-refractivity contribution >= 4 is 35.4 Å². The van der Waals surface area contributed by atoms with E-state index in [1.807, 2.05) is 0 Å². The molecule has 0 saturated carbocycles. The maximum absolute atomic E-state index is 12.4. The van der Waals surface area contributed by atoms with Crippen molar-refractivity contribution < 1.29 is 14.3 Å². The average molecular weight is 355 g/mol. The number of carbonyl (C=O) groups excluding carboxylic acids is 2. The van der Waals surface area contributed by atoms with E-state index in [1.54, 1.807) is 43.0 Å². The molecule has 1 aliphatic heterocycles. The summed E-state index contributed by atoms with van der Waals surface area (Å²) >= 11 is 7.60. The minimum Gasteiger partial charge on any atom is -0.461 e. The van der Waals surface area contributed by atoms with Gasteiger partial charge in [0.25, 0.3) is 0 Å². The fourth-order valence-electron chi connectivity index (χ4n) is 2.29. The molecule has 0 radical (unpaired) electrons. The Morgan fingerprint density at radius 2 is 2.04 bits per heavy atom. The third-order valence-corrected chi connectivity index (χ3v) is 4.47. The summed E-state index contributed by atoms with van der Waals surface area (Å²) in [5.41, 5.74) is 1.69. The Morgan fingerprint density at radius 1 is 1.35 bits per heavy atom. The maximum Gasteiger partial charge on any atom is 0.338 e. The molecule has 0 bridgehead atoms. The van der Waals surface area contributed by atoms with Crippen LogP contribution in [-0.4, -0.2) is 30.1 Å². The van der Waals surface area contributed by atoms with Crippen LogP contribution in [0.3, 0.4) is 0 Å². The van der Waals surface area contributed by atoms with Gasteiger partial charge in [0.2, 0.25) is 0 Å². The van der Waals surface area contributed by atoms with Gasteiger partial charge in [-0.25, -0.2) is 9.59 Å². The van der Waals surface area contributed by atoms with Crippen molar-refractivity contribution in [1.82, 2.24) is 10.6 Å². The molecule has 5 nitrogen and oxygen atoms in total. The van der Waals surface area contributed by atoms with Gasteiger partial charge in [0.15, 0.2) is 0 Å². The second-order valence-corrected chi connectivity index (χ2v) is 6.78. The van der Waals surface area contributed by atoms with Crippen LogP contribution in [-0.2, 0) is 9.53 Å². The zero-order chi connectivity index (χ0) is 16.8. The van der Waals surface area contributed by atoms with E-state index in [1.165, 1.54) is 0 Å². The molecule has 0 unspecified atom stereocenters. The molecule has 1 aliphatic rings. The normalized spacial score (nSPS) is 17.5. The van der Waals surface area contributed by atoms with Gasteiger partial charge in [-0.3, -0.25) is 0 Å². The first-order valence-electron chi connectivity index (χ1n) is 7.31. The Hall–Kier alpha value is -1.66. The smallest absolute Gasteiger partial charge is 0.338 e. The van der Waals surface area contributed by atoms with Gasteiger partial charge < -0.3 is 15.4 Å². The SMILES string of the molecule is CCSCCOC(=O)C1=C(C)NC(=O)N[C@H]1c1ccc(Cl)cc1. The minimum atomic E-state index is -0.549. The molecule has 7 heteroatoms. The molecule has 0 fully saturated rings. The lowest BCUT2D eigenvalue weighted by Gasteiger charge is -2.28. The topological polar surface area (TPSA) is 67.4 Å². The van der Waals surface area contributed by atoms with E-state index in [-0.39, 0.29) is 6.03 Å². The van der Waals surface area contributed by atoms with Crippen LogP contribution in [0.2, 0.25) is 5.02 Å². The standard InChI is InChI=1S/C16H19ClN2O3S/c1-3-23-9-8-22-15(20)13-10(2)18-16(21)19-14(13)11-4-6-12(17)7-5-11/h4-7,14H,3,8-9H2,1-2H3,(H2,18,19,21)/t14-/m0/s1. The van der Waals surface area contributed by atoms with Crippen LogP contribution in [0, 0.1) is 0 Å². The molecule has 2 rings (SSSR count). The number of amides is 2. The Bertz CT molecular complexity index is 616. The second kappa shape index (κ2) is 8.26. The summed E-state index contributed by atoms with van der Waals surface area (Å²) in [6.45, 7) is 4.09. The van der Waals surface area contributed by atoms with Gasteiger partial charge >= 0.3 is 12.0 Å². The number of allylic oxidation sites excluding steroid dienone is 1. The van der Waals surface area contributed by atoms with Crippen molar-refractivity contribution in [3.05, 3.63) is 46.1 Å². The van der Waals surface area contributed by atoms with Crippen LogP contribution in [0.1, 0.15) is 25.5 Å². The number of urea groups is 1. The Kier molecular flexibility index (Phi) is 6.36. The van der Waals surface area contributed by atoms with Crippen molar-refractivity contribution in [2.75, 3.05) is 18.1 Å².